The van der Waals surface area contributed by atoms with Crippen LogP contribution in [0, 0.1) is 13.8 Å². The zero-order chi connectivity index (χ0) is 21.7. The van der Waals surface area contributed by atoms with Crippen LogP contribution in [0.15, 0.2) is 18.3 Å². The van der Waals surface area contributed by atoms with Crippen molar-refractivity contribution in [1.82, 2.24) is 4.90 Å². The van der Waals surface area contributed by atoms with Gasteiger partial charge in [0.2, 0.25) is 6.54 Å². The highest BCUT2D eigenvalue weighted by atomic mass is 32.1. The molecule has 156 valence electrons. The molecule has 8 heteroatoms. The third-order valence-electron chi connectivity index (χ3n) is 4.52. The monoisotopic (exact) mass is 418 g/mol. The van der Waals surface area contributed by atoms with E-state index < -0.39 is 5.97 Å². The highest BCUT2D eigenvalue weighted by molar-refractivity contribution is 7.18. The third-order valence-corrected chi connectivity index (χ3v) is 5.71. The lowest BCUT2D eigenvalue weighted by atomic mass is 10.1. The van der Waals surface area contributed by atoms with Crippen LogP contribution in [0.4, 0.5) is 5.00 Å². The quantitative estimate of drug-likeness (QED) is 0.554. The Morgan fingerprint density at radius 1 is 1.17 bits per heavy atom. The van der Waals surface area contributed by atoms with Crippen LogP contribution in [0.3, 0.4) is 0 Å². The third kappa shape index (κ3) is 5.20. The number of aromatic nitrogens is 1. The Bertz CT molecular complexity index is 934. The van der Waals surface area contributed by atoms with Gasteiger partial charge in [-0.05, 0) is 31.9 Å². The van der Waals surface area contributed by atoms with Crippen molar-refractivity contribution in [3.05, 3.63) is 45.6 Å². The number of pyridine rings is 1. The molecule has 1 N–H and O–H groups in total. The fourth-order valence-electron chi connectivity index (χ4n) is 2.83. The second-order valence-electron chi connectivity index (χ2n) is 6.89. The average Bonchev–Trinajstić information content (AvgIpc) is 2.98. The zero-order valence-electron chi connectivity index (χ0n) is 17.8. The second kappa shape index (κ2) is 9.65. The van der Waals surface area contributed by atoms with Gasteiger partial charge in [0, 0.05) is 32.6 Å². The Balaban J connectivity index is 2.35. The summed E-state index contributed by atoms with van der Waals surface area (Å²) in [5, 5.41) is 3.14. The maximum absolute atomic E-state index is 12.7. The number of aryl methyl sites for hydroxylation is 2. The predicted octanol–water partition coefficient (Wildman–Crippen LogP) is 2.73. The lowest BCUT2D eigenvalue weighted by Crippen LogP contribution is -2.43. The van der Waals surface area contributed by atoms with Crippen molar-refractivity contribution >= 4 is 34.1 Å². The van der Waals surface area contributed by atoms with Crippen LogP contribution in [0.5, 0.6) is 0 Å². The van der Waals surface area contributed by atoms with Crippen molar-refractivity contribution in [3.63, 3.8) is 0 Å². The highest BCUT2D eigenvalue weighted by Gasteiger charge is 2.28. The van der Waals surface area contributed by atoms with Gasteiger partial charge in [-0.3, -0.25) is 9.59 Å². The molecule has 0 fully saturated rings. The maximum Gasteiger partial charge on any atom is 0.341 e. The van der Waals surface area contributed by atoms with Gasteiger partial charge in [0.25, 0.3) is 11.8 Å². The summed E-state index contributed by atoms with van der Waals surface area (Å²) in [5.41, 5.74) is 2.83. The first-order chi connectivity index (χ1) is 13.7. The van der Waals surface area contributed by atoms with Crippen LogP contribution in [-0.2, 0) is 22.5 Å². The molecule has 0 aromatic carbocycles. The average molecular weight is 419 g/mol. The number of esters is 1. The summed E-state index contributed by atoms with van der Waals surface area (Å²) >= 11 is 1.09. The molecule has 0 aliphatic rings. The van der Waals surface area contributed by atoms with Gasteiger partial charge in [-0.15, -0.1) is 11.3 Å². The molecule has 2 aromatic heterocycles. The minimum atomic E-state index is -0.550. The molecule has 0 radical (unpaired) electrons. The summed E-state index contributed by atoms with van der Waals surface area (Å²) < 4.78 is 7.00. The van der Waals surface area contributed by atoms with Gasteiger partial charge in [0.1, 0.15) is 5.00 Å². The number of amides is 2. The Hall–Kier alpha value is -2.74. The lowest BCUT2D eigenvalue weighted by Gasteiger charge is -2.09. The number of thiophene rings is 1. The molecule has 0 bridgehead atoms. The minimum Gasteiger partial charge on any atom is -0.462 e. The van der Waals surface area contributed by atoms with Crippen molar-refractivity contribution < 1.29 is 23.7 Å². The second-order valence-corrected chi connectivity index (χ2v) is 7.91. The number of hydrogen-bond acceptors (Lipinski definition) is 5. The molecule has 0 unspecified atom stereocenters. The van der Waals surface area contributed by atoms with E-state index in [9.17, 15) is 14.4 Å². The first kappa shape index (κ1) is 22.5. The summed E-state index contributed by atoms with van der Waals surface area (Å²) in [5.74, 6) is -1.05. The van der Waals surface area contributed by atoms with Crippen LogP contribution in [0.2, 0.25) is 0 Å². The summed E-state index contributed by atoms with van der Waals surface area (Å²) in [6.07, 6.45) is 2.82. The Morgan fingerprint density at radius 2 is 1.86 bits per heavy atom. The topological polar surface area (TPSA) is 79.6 Å². The van der Waals surface area contributed by atoms with Gasteiger partial charge < -0.3 is 15.0 Å². The molecule has 0 aliphatic carbocycles. The molecule has 2 heterocycles. The molecule has 2 amide bonds. The largest absolute Gasteiger partial charge is 0.462 e. The number of nitrogens with zero attached hydrogens (tertiary/aromatic N) is 2. The van der Waals surface area contributed by atoms with Crippen LogP contribution in [0.1, 0.15) is 50.7 Å². The molecule has 7 nitrogen and oxygen atoms in total. The van der Waals surface area contributed by atoms with E-state index in [4.69, 9.17) is 4.74 Å². The summed E-state index contributed by atoms with van der Waals surface area (Å²) in [4.78, 5) is 39.5. The van der Waals surface area contributed by atoms with Gasteiger partial charge in [0.05, 0.1) is 17.0 Å². The molecule has 0 aliphatic heterocycles. The molecule has 29 heavy (non-hydrogen) atoms. The maximum atomic E-state index is 12.7. The summed E-state index contributed by atoms with van der Waals surface area (Å²) in [7, 11) is 3.29. The zero-order valence-corrected chi connectivity index (χ0v) is 18.6. The number of anilines is 1. The molecule has 2 aromatic rings. The molecule has 0 atom stereocenters. The van der Waals surface area contributed by atoms with E-state index in [2.05, 4.69) is 12.2 Å². The Morgan fingerprint density at radius 3 is 2.45 bits per heavy atom. The van der Waals surface area contributed by atoms with Crippen molar-refractivity contribution in [2.45, 2.75) is 40.7 Å². The molecule has 2 rings (SSSR count). The molecular weight excluding hydrogens is 390 g/mol. The molecular formula is C21H28N3O4S+. The number of nitrogens with one attached hydrogen (secondary N) is 1. The summed E-state index contributed by atoms with van der Waals surface area (Å²) in [6, 6.07) is 4.00. The number of ether oxygens (including phenoxy) is 1. The first-order valence-corrected chi connectivity index (χ1v) is 10.3. The van der Waals surface area contributed by atoms with Gasteiger partial charge in [0.15, 0.2) is 11.9 Å². The number of hydrogen-bond donors (Lipinski definition) is 1. The normalized spacial score (nSPS) is 10.6. The van der Waals surface area contributed by atoms with Gasteiger partial charge in [-0.25, -0.2) is 4.79 Å². The van der Waals surface area contributed by atoms with Crippen molar-refractivity contribution in [2.75, 3.05) is 26.0 Å². The van der Waals surface area contributed by atoms with Crippen LogP contribution in [-0.4, -0.2) is 43.4 Å². The van der Waals surface area contributed by atoms with Crippen molar-refractivity contribution in [1.29, 1.82) is 0 Å². The van der Waals surface area contributed by atoms with Crippen molar-refractivity contribution in [3.8, 4) is 0 Å². The number of carbonyl (C=O) groups excluding carboxylic acids is 3. The van der Waals surface area contributed by atoms with Gasteiger partial charge in [-0.1, -0.05) is 6.92 Å². The lowest BCUT2D eigenvalue weighted by molar-refractivity contribution is -0.690. The van der Waals surface area contributed by atoms with E-state index in [0.717, 1.165) is 29.0 Å². The fraction of sp³-hybridized carbons (Fsp3) is 0.429. The Labute approximate surface area is 175 Å². The first-order valence-electron chi connectivity index (χ1n) is 9.50. The highest BCUT2D eigenvalue weighted by Crippen LogP contribution is 2.34. The smallest absolute Gasteiger partial charge is 0.341 e. The minimum absolute atomic E-state index is 0.107. The number of carbonyl (C=O) groups is 3. The SMILES string of the molecule is CCOC(=O)c1c(NC(=O)C[n+]2cc(CC)ccc2C)sc(C(=O)N(C)C)c1C. The van der Waals surface area contributed by atoms with Gasteiger partial charge >= 0.3 is 5.97 Å². The van der Waals surface area contributed by atoms with E-state index in [0.29, 0.717) is 15.4 Å². The molecule has 0 spiro atoms. The fourth-order valence-corrected chi connectivity index (χ4v) is 4.06. The van der Waals surface area contributed by atoms with E-state index >= 15 is 0 Å². The van der Waals surface area contributed by atoms with Crippen LogP contribution >= 0.6 is 11.3 Å². The van der Waals surface area contributed by atoms with E-state index in [1.54, 1.807) is 27.9 Å². The van der Waals surface area contributed by atoms with Gasteiger partial charge in [-0.2, -0.15) is 4.57 Å². The molecule has 0 saturated heterocycles. The number of rotatable bonds is 7. The standard InChI is InChI=1S/C21H27N3O4S/c1-7-15-10-9-13(3)24(11-15)12-16(25)22-19-17(21(27)28-8-2)14(4)18(29-19)20(26)23(5)6/h9-11H,7-8,12H2,1-6H3/p+1. The van der Waals surface area contributed by atoms with Crippen LogP contribution < -0.4 is 9.88 Å². The van der Waals surface area contributed by atoms with E-state index in [1.165, 1.54) is 4.90 Å². The van der Waals surface area contributed by atoms with E-state index in [1.807, 2.05) is 29.8 Å². The van der Waals surface area contributed by atoms with Crippen LogP contribution in [0.25, 0.3) is 0 Å². The Kier molecular flexibility index (Phi) is 7.50. The van der Waals surface area contributed by atoms with Crippen molar-refractivity contribution in [2.24, 2.45) is 0 Å². The molecule has 0 saturated carbocycles. The van der Waals surface area contributed by atoms with E-state index in [-0.39, 0.29) is 30.5 Å². The summed E-state index contributed by atoms with van der Waals surface area (Å²) in [6.45, 7) is 7.70. The predicted molar refractivity (Wildman–Crippen MR) is 112 cm³/mol.